The van der Waals surface area contributed by atoms with E-state index in [1.54, 1.807) is 50.4 Å². The van der Waals surface area contributed by atoms with Crippen molar-refractivity contribution < 1.29 is 23.8 Å². The molecule has 8 nitrogen and oxygen atoms in total. The first-order chi connectivity index (χ1) is 17.1. The Morgan fingerprint density at radius 2 is 1.97 bits per heavy atom. The Bertz CT molecular complexity index is 1500. The van der Waals surface area contributed by atoms with Crippen molar-refractivity contribution in [3.05, 3.63) is 77.4 Å². The molecule has 0 bridgehead atoms. The third-order valence-electron chi connectivity index (χ3n) is 6.89. The summed E-state index contributed by atoms with van der Waals surface area (Å²) in [7, 11) is 0. The molecule has 0 saturated heterocycles. The number of nitrogens with one attached hydrogen (secondary N) is 1. The van der Waals surface area contributed by atoms with Crippen LogP contribution in [0.25, 0.3) is 22.2 Å². The number of aromatic amines is 1. The Labute approximate surface area is 206 Å². The van der Waals surface area contributed by atoms with E-state index in [0.29, 0.717) is 28.1 Å². The molecule has 0 unspecified atom stereocenters. The zero-order chi connectivity index (χ0) is 25.7. The van der Waals surface area contributed by atoms with Gasteiger partial charge in [-0.25, -0.2) is 9.37 Å². The predicted molar refractivity (Wildman–Crippen MR) is 131 cm³/mol. The molecule has 184 valence electrons. The molecular weight excluding hydrogens is 463 g/mol. The lowest BCUT2D eigenvalue weighted by Crippen LogP contribution is -2.40. The van der Waals surface area contributed by atoms with E-state index in [2.05, 4.69) is 15.2 Å². The average molecular weight is 489 g/mol. The van der Waals surface area contributed by atoms with Gasteiger partial charge in [-0.1, -0.05) is 12.1 Å². The minimum absolute atomic E-state index is 0.0215. The molecule has 0 radical (unpaired) electrons. The van der Waals surface area contributed by atoms with Crippen molar-refractivity contribution >= 4 is 22.6 Å². The van der Waals surface area contributed by atoms with Gasteiger partial charge in [-0.2, -0.15) is 5.10 Å². The Hall–Kier alpha value is -4.11. The van der Waals surface area contributed by atoms with Crippen molar-refractivity contribution in [1.29, 1.82) is 0 Å². The lowest BCUT2D eigenvalue weighted by Gasteiger charge is -2.26. The number of pyridine rings is 1. The minimum atomic E-state index is -1.52. The van der Waals surface area contributed by atoms with Crippen LogP contribution in [0.5, 0.6) is 5.75 Å². The number of ketones is 1. The maximum Gasteiger partial charge on any atom is 0.231 e. The van der Waals surface area contributed by atoms with Gasteiger partial charge in [0, 0.05) is 28.5 Å². The molecule has 0 saturated carbocycles. The normalized spacial score (nSPS) is 18.4. The quantitative estimate of drug-likeness (QED) is 0.340. The molecule has 1 aliphatic rings. The van der Waals surface area contributed by atoms with Crippen LogP contribution in [0.2, 0.25) is 0 Å². The summed E-state index contributed by atoms with van der Waals surface area (Å²) in [4.78, 5) is 29.9. The Kier molecular flexibility index (Phi) is 5.60. The molecule has 1 amide bonds. The molecule has 4 aromatic rings. The zero-order valence-electron chi connectivity index (χ0n) is 19.8. The monoisotopic (exact) mass is 488 g/mol. The highest BCUT2D eigenvalue weighted by molar-refractivity contribution is 5.99. The van der Waals surface area contributed by atoms with Crippen LogP contribution in [0, 0.1) is 5.82 Å². The van der Waals surface area contributed by atoms with Crippen LogP contribution in [-0.2, 0) is 15.8 Å². The molecule has 2 aromatic heterocycles. The van der Waals surface area contributed by atoms with Crippen molar-refractivity contribution in [3.8, 4) is 17.0 Å². The summed E-state index contributed by atoms with van der Waals surface area (Å²) in [6, 6.07) is 12.6. The number of amides is 1. The van der Waals surface area contributed by atoms with E-state index >= 15 is 0 Å². The molecule has 4 N–H and O–H groups in total. The summed E-state index contributed by atoms with van der Waals surface area (Å²) >= 11 is 0. The molecule has 0 fully saturated rings. The molecule has 2 atom stereocenters. The zero-order valence-corrected chi connectivity index (χ0v) is 19.8. The van der Waals surface area contributed by atoms with Gasteiger partial charge < -0.3 is 15.6 Å². The van der Waals surface area contributed by atoms with E-state index in [1.165, 1.54) is 12.1 Å². The summed E-state index contributed by atoms with van der Waals surface area (Å²) in [6.45, 7) is 3.26. The van der Waals surface area contributed by atoms with Gasteiger partial charge in [0.15, 0.2) is 5.78 Å². The van der Waals surface area contributed by atoms with E-state index in [-0.39, 0.29) is 30.9 Å². The van der Waals surface area contributed by atoms with Gasteiger partial charge in [0.2, 0.25) is 5.91 Å². The van der Waals surface area contributed by atoms with Gasteiger partial charge >= 0.3 is 0 Å². The largest absolute Gasteiger partial charge is 0.489 e. The highest BCUT2D eigenvalue weighted by Crippen LogP contribution is 2.45. The average Bonchev–Trinajstić information content (AvgIpc) is 3.47. The number of halogens is 1. The number of nitrogens with zero attached hydrogens (tertiary/aromatic N) is 2. The number of hydrogen-bond acceptors (Lipinski definition) is 6. The van der Waals surface area contributed by atoms with E-state index in [1.807, 2.05) is 6.07 Å². The minimum Gasteiger partial charge on any atom is -0.489 e. The number of rotatable bonds is 7. The van der Waals surface area contributed by atoms with E-state index in [9.17, 15) is 19.1 Å². The summed E-state index contributed by atoms with van der Waals surface area (Å²) in [5.41, 5.74) is 6.00. The molecule has 36 heavy (non-hydrogen) atoms. The highest BCUT2D eigenvalue weighted by atomic mass is 19.1. The van der Waals surface area contributed by atoms with Gasteiger partial charge in [-0.3, -0.25) is 14.7 Å². The molecular formula is C27H25FN4O4. The van der Waals surface area contributed by atoms with Crippen LogP contribution in [0.15, 0.2) is 54.7 Å². The second-order valence-corrected chi connectivity index (χ2v) is 9.59. The van der Waals surface area contributed by atoms with Gasteiger partial charge in [0.1, 0.15) is 34.9 Å². The second kappa shape index (κ2) is 8.53. The number of fused-ring (bicyclic) bond motifs is 2. The number of hydrogen-bond donors (Lipinski definition) is 3. The summed E-state index contributed by atoms with van der Waals surface area (Å²) in [6.07, 6.45) is 1.81. The maximum absolute atomic E-state index is 13.6. The Morgan fingerprint density at radius 3 is 2.69 bits per heavy atom. The standard InChI is InChI=1S/C27H25FN4O4/c1-26(25(29)34)14-36-24-19(26)12-22(31-23(24)15-5-7-18(28)8-6-15)27(2,35)10-9-21(33)16-3-4-17-13-30-32-20(17)11-16/h3-8,11-13,35H,9-10,14H2,1-2H3,(H2,29,34)(H,30,32)/t26-,27-/m0/s1. The summed E-state index contributed by atoms with van der Waals surface area (Å²) in [5, 5.41) is 19.1. The van der Waals surface area contributed by atoms with Crippen LogP contribution in [0.4, 0.5) is 4.39 Å². The fraction of sp³-hybridized carbons (Fsp3) is 0.259. The van der Waals surface area contributed by atoms with Crippen LogP contribution in [0.1, 0.15) is 48.3 Å². The van der Waals surface area contributed by atoms with Gasteiger partial charge in [-0.05, 0) is 56.7 Å². The SMILES string of the molecule is C[C@](O)(CCC(=O)c1ccc2cn[nH]c2c1)c1cc2c(c(-c3ccc(F)cc3)n1)OC[C@]2(C)C(N)=O. The van der Waals surface area contributed by atoms with Gasteiger partial charge in [0.05, 0.1) is 17.4 Å². The number of carbonyl (C=O) groups excluding carboxylic acids is 2. The fourth-order valence-corrected chi connectivity index (χ4v) is 4.41. The first-order valence-corrected chi connectivity index (χ1v) is 11.5. The number of primary amides is 1. The molecule has 0 spiro atoms. The van der Waals surface area contributed by atoms with Crippen LogP contribution in [0.3, 0.4) is 0 Å². The number of aliphatic hydroxyl groups is 1. The maximum atomic E-state index is 13.6. The van der Waals surface area contributed by atoms with Crippen molar-refractivity contribution in [2.24, 2.45) is 5.73 Å². The summed E-state index contributed by atoms with van der Waals surface area (Å²) in [5.74, 6) is -0.760. The first-order valence-electron chi connectivity index (χ1n) is 11.5. The van der Waals surface area contributed by atoms with E-state index in [4.69, 9.17) is 10.5 Å². The Balaban J connectivity index is 1.50. The molecule has 5 rings (SSSR count). The van der Waals surface area contributed by atoms with Crippen molar-refractivity contribution in [1.82, 2.24) is 15.2 Å². The fourth-order valence-electron chi connectivity index (χ4n) is 4.41. The van der Waals surface area contributed by atoms with Crippen molar-refractivity contribution in [3.63, 3.8) is 0 Å². The number of Topliss-reactive ketones (excluding diaryl/α,β-unsaturated/α-hetero) is 1. The number of benzene rings is 2. The number of aromatic nitrogens is 3. The predicted octanol–water partition coefficient (Wildman–Crippen LogP) is 3.77. The molecule has 2 aromatic carbocycles. The molecule has 3 heterocycles. The third kappa shape index (κ3) is 4.01. The molecule has 9 heteroatoms. The van der Waals surface area contributed by atoms with Crippen molar-refractivity contribution in [2.45, 2.75) is 37.7 Å². The van der Waals surface area contributed by atoms with Crippen LogP contribution < -0.4 is 10.5 Å². The van der Waals surface area contributed by atoms with Gasteiger partial charge in [-0.15, -0.1) is 0 Å². The highest BCUT2D eigenvalue weighted by Gasteiger charge is 2.45. The lowest BCUT2D eigenvalue weighted by molar-refractivity contribution is -0.123. The number of carbonyl (C=O) groups is 2. The Morgan fingerprint density at radius 1 is 1.22 bits per heavy atom. The summed E-state index contributed by atoms with van der Waals surface area (Å²) < 4.78 is 19.4. The number of nitrogens with two attached hydrogens (primary N) is 1. The van der Waals surface area contributed by atoms with Crippen molar-refractivity contribution in [2.75, 3.05) is 6.61 Å². The smallest absolute Gasteiger partial charge is 0.231 e. The molecule has 1 aliphatic heterocycles. The molecule has 0 aliphatic carbocycles. The van der Waals surface area contributed by atoms with E-state index in [0.717, 1.165) is 10.9 Å². The number of ether oxygens (including phenoxy) is 1. The second-order valence-electron chi connectivity index (χ2n) is 9.59. The lowest BCUT2D eigenvalue weighted by atomic mass is 9.81. The topological polar surface area (TPSA) is 131 Å². The first kappa shape index (κ1) is 23.6. The van der Waals surface area contributed by atoms with Crippen LogP contribution >= 0.6 is 0 Å². The van der Waals surface area contributed by atoms with Crippen LogP contribution in [-0.4, -0.2) is 38.6 Å². The van der Waals surface area contributed by atoms with E-state index < -0.39 is 22.7 Å². The third-order valence-corrected chi connectivity index (χ3v) is 6.89. The number of H-pyrrole nitrogens is 1. The van der Waals surface area contributed by atoms with Gasteiger partial charge in [0.25, 0.3) is 0 Å².